The molecule has 0 spiro atoms. The van der Waals surface area contributed by atoms with Crippen molar-refractivity contribution in [3.63, 3.8) is 0 Å². The molecule has 2 rings (SSSR count). The molecule has 2 aliphatic rings. The van der Waals surface area contributed by atoms with E-state index in [0.29, 0.717) is 11.5 Å². The Morgan fingerprint density at radius 2 is 1.70 bits per heavy atom. The molecule has 0 aromatic carbocycles. The molecule has 0 aliphatic heterocycles. The highest BCUT2D eigenvalue weighted by Gasteiger charge is 2.40. The van der Waals surface area contributed by atoms with Crippen molar-refractivity contribution in [2.45, 2.75) is 84.3 Å². The molecule has 20 heavy (non-hydrogen) atoms. The maximum atomic E-state index is 6.75. The fraction of sp³-hybridized carbons (Fsp3) is 1.00. The van der Waals surface area contributed by atoms with Crippen LogP contribution in [0, 0.1) is 17.3 Å². The first-order chi connectivity index (χ1) is 9.34. The molecule has 2 heteroatoms. The Kier molecular flexibility index (Phi) is 5.18. The Balaban J connectivity index is 2.00. The molecule has 1 N–H and O–H groups in total. The molecule has 0 saturated heterocycles. The predicted octanol–water partition coefficient (Wildman–Crippen LogP) is 4.39. The first-order valence-electron chi connectivity index (χ1n) is 8.67. The van der Waals surface area contributed by atoms with Crippen molar-refractivity contribution in [3.8, 4) is 0 Å². The molecule has 0 aromatic rings. The van der Waals surface area contributed by atoms with Gasteiger partial charge in [-0.3, -0.25) is 0 Å². The Morgan fingerprint density at radius 3 is 2.25 bits per heavy atom. The summed E-state index contributed by atoms with van der Waals surface area (Å²) in [4.78, 5) is 0. The Morgan fingerprint density at radius 1 is 1.05 bits per heavy atom. The summed E-state index contributed by atoms with van der Waals surface area (Å²) in [5.41, 5.74) is 0.560. The molecule has 0 radical (unpaired) electrons. The summed E-state index contributed by atoms with van der Waals surface area (Å²) in [7, 11) is 2.07. The second-order valence-electron chi connectivity index (χ2n) is 8.55. The molecular weight excluding hydrogens is 246 g/mol. The molecule has 118 valence electrons. The van der Waals surface area contributed by atoms with Gasteiger partial charge in [-0.05, 0) is 69.2 Å². The number of rotatable bonds is 4. The van der Waals surface area contributed by atoms with Crippen LogP contribution < -0.4 is 5.32 Å². The molecule has 0 bridgehead atoms. The highest BCUT2D eigenvalue weighted by Crippen LogP contribution is 2.43. The smallest absolute Gasteiger partial charge is 0.0810 e. The third kappa shape index (κ3) is 4.21. The summed E-state index contributed by atoms with van der Waals surface area (Å²) in [5.74, 6) is 1.68. The molecule has 0 heterocycles. The number of hydrogen-bond donors (Lipinski definition) is 1. The monoisotopic (exact) mass is 281 g/mol. The van der Waals surface area contributed by atoms with Gasteiger partial charge in [-0.15, -0.1) is 0 Å². The SMILES string of the molecule is CNCC1(OC2CC(C)CC(C)(C)C2)CCC(C)CC1. The molecule has 0 aromatic heterocycles. The van der Waals surface area contributed by atoms with Crippen LogP contribution in [-0.4, -0.2) is 25.3 Å². The van der Waals surface area contributed by atoms with Crippen molar-refractivity contribution >= 4 is 0 Å². The van der Waals surface area contributed by atoms with E-state index in [1.54, 1.807) is 0 Å². The largest absolute Gasteiger partial charge is 0.370 e. The average molecular weight is 281 g/mol. The second-order valence-corrected chi connectivity index (χ2v) is 8.55. The maximum absolute atomic E-state index is 6.75. The van der Waals surface area contributed by atoms with Crippen molar-refractivity contribution in [1.82, 2.24) is 5.32 Å². The third-order valence-corrected chi connectivity index (χ3v) is 5.45. The summed E-state index contributed by atoms with van der Waals surface area (Å²) < 4.78 is 6.75. The lowest BCUT2D eigenvalue weighted by molar-refractivity contribution is -0.143. The first-order valence-corrected chi connectivity index (χ1v) is 8.67. The lowest BCUT2D eigenvalue weighted by Gasteiger charge is -2.46. The van der Waals surface area contributed by atoms with E-state index in [2.05, 4.69) is 40.1 Å². The van der Waals surface area contributed by atoms with E-state index >= 15 is 0 Å². The zero-order valence-electron chi connectivity index (χ0n) is 14.3. The molecular formula is C18H35NO. The lowest BCUT2D eigenvalue weighted by atomic mass is 9.71. The van der Waals surface area contributed by atoms with E-state index in [0.717, 1.165) is 18.4 Å². The van der Waals surface area contributed by atoms with Crippen LogP contribution in [0.15, 0.2) is 0 Å². The topological polar surface area (TPSA) is 21.3 Å². The normalized spacial score (nSPS) is 41.5. The number of likely N-dealkylation sites (N-methyl/N-ethyl adjacent to an activating group) is 1. The van der Waals surface area contributed by atoms with Gasteiger partial charge in [-0.1, -0.05) is 27.7 Å². The van der Waals surface area contributed by atoms with Crippen LogP contribution in [0.25, 0.3) is 0 Å². The molecule has 2 atom stereocenters. The van der Waals surface area contributed by atoms with Gasteiger partial charge in [0.05, 0.1) is 11.7 Å². The van der Waals surface area contributed by atoms with Crippen LogP contribution in [0.5, 0.6) is 0 Å². The predicted molar refractivity (Wildman–Crippen MR) is 86.0 cm³/mol. The fourth-order valence-electron chi connectivity index (χ4n) is 4.65. The van der Waals surface area contributed by atoms with Gasteiger partial charge >= 0.3 is 0 Å². The van der Waals surface area contributed by atoms with Crippen molar-refractivity contribution in [1.29, 1.82) is 0 Å². The van der Waals surface area contributed by atoms with E-state index in [1.807, 2.05) is 0 Å². The summed E-state index contributed by atoms with van der Waals surface area (Å²) in [6.45, 7) is 10.6. The fourth-order valence-corrected chi connectivity index (χ4v) is 4.65. The maximum Gasteiger partial charge on any atom is 0.0810 e. The number of hydrogen-bond acceptors (Lipinski definition) is 2. The van der Waals surface area contributed by atoms with Gasteiger partial charge in [-0.25, -0.2) is 0 Å². The summed E-state index contributed by atoms with van der Waals surface area (Å²) >= 11 is 0. The van der Waals surface area contributed by atoms with Gasteiger partial charge in [0.15, 0.2) is 0 Å². The highest BCUT2D eigenvalue weighted by molar-refractivity contribution is 4.92. The zero-order valence-corrected chi connectivity index (χ0v) is 14.3. The second kappa shape index (κ2) is 6.36. The van der Waals surface area contributed by atoms with Gasteiger partial charge in [0, 0.05) is 6.54 Å². The van der Waals surface area contributed by atoms with Gasteiger partial charge < -0.3 is 10.1 Å². The summed E-state index contributed by atoms with van der Waals surface area (Å²) in [6, 6.07) is 0. The van der Waals surface area contributed by atoms with Gasteiger partial charge in [0.1, 0.15) is 0 Å². The van der Waals surface area contributed by atoms with Gasteiger partial charge in [-0.2, -0.15) is 0 Å². The standard InChI is InChI=1S/C18H35NO/c1-14-6-8-18(9-7-14,13-19-5)20-16-10-15(2)11-17(3,4)12-16/h14-16,19H,6-13H2,1-5H3. The minimum absolute atomic E-state index is 0.110. The first kappa shape index (κ1) is 16.3. The third-order valence-electron chi connectivity index (χ3n) is 5.45. The van der Waals surface area contributed by atoms with E-state index in [1.165, 1.54) is 44.9 Å². The molecule has 2 unspecified atom stereocenters. The van der Waals surface area contributed by atoms with Gasteiger partial charge in [0.2, 0.25) is 0 Å². The molecule has 2 saturated carbocycles. The molecule has 2 aliphatic carbocycles. The van der Waals surface area contributed by atoms with E-state index in [4.69, 9.17) is 4.74 Å². The van der Waals surface area contributed by atoms with Crippen LogP contribution in [0.4, 0.5) is 0 Å². The van der Waals surface area contributed by atoms with Crippen LogP contribution in [0.2, 0.25) is 0 Å². The van der Waals surface area contributed by atoms with Crippen LogP contribution >= 0.6 is 0 Å². The number of nitrogens with one attached hydrogen (secondary N) is 1. The van der Waals surface area contributed by atoms with Crippen LogP contribution in [-0.2, 0) is 4.74 Å². The summed E-state index contributed by atoms with van der Waals surface area (Å²) in [5, 5.41) is 3.39. The minimum Gasteiger partial charge on any atom is -0.370 e. The number of ether oxygens (including phenoxy) is 1. The average Bonchev–Trinajstić information content (AvgIpc) is 2.31. The molecule has 2 nitrogen and oxygen atoms in total. The molecule has 0 amide bonds. The Labute approximate surface area is 126 Å². The van der Waals surface area contributed by atoms with E-state index in [9.17, 15) is 0 Å². The van der Waals surface area contributed by atoms with Crippen LogP contribution in [0.1, 0.15) is 72.6 Å². The van der Waals surface area contributed by atoms with Crippen LogP contribution in [0.3, 0.4) is 0 Å². The van der Waals surface area contributed by atoms with Crippen molar-refractivity contribution in [3.05, 3.63) is 0 Å². The van der Waals surface area contributed by atoms with E-state index < -0.39 is 0 Å². The zero-order chi connectivity index (χ0) is 14.8. The lowest BCUT2D eigenvalue weighted by Crippen LogP contribution is -2.49. The van der Waals surface area contributed by atoms with E-state index in [-0.39, 0.29) is 5.60 Å². The Hall–Kier alpha value is -0.0800. The van der Waals surface area contributed by atoms with Gasteiger partial charge in [0.25, 0.3) is 0 Å². The quantitative estimate of drug-likeness (QED) is 0.825. The van der Waals surface area contributed by atoms with Crippen molar-refractivity contribution in [2.75, 3.05) is 13.6 Å². The Bertz CT molecular complexity index is 305. The highest BCUT2D eigenvalue weighted by atomic mass is 16.5. The summed E-state index contributed by atoms with van der Waals surface area (Å²) in [6.07, 6.45) is 9.43. The molecule has 2 fully saturated rings. The minimum atomic E-state index is 0.110. The van der Waals surface area contributed by atoms with Crippen molar-refractivity contribution < 1.29 is 4.74 Å². The van der Waals surface area contributed by atoms with Crippen molar-refractivity contribution in [2.24, 2.45) is 17.3 Å².